The Morgan fingerprint density at radius 2 is 1.93 bits per heavy atom. The predicted molar refractivity (Wildman–Crippen MR) is 104 cm³/mol. The van der Waals surface area contributed by atoms with Gasteiger partial charge in [0.05, 0.1) is 12.0 Å². The van der Waals surface area contributed by atoms with Crippen LogP contribution in [0.4, 0.5) is 16.2 Å². The maximum Gasteiger partial charge on any atom is 0.325 e. The number of benzene rings is 1. The van der Waals surface area contributed by atoms with Gasteiger partial charge in [-0.15, -0.1) is 0 Å². The van der Waals surface area contributed by atoms with Crippen molar-refractivity contribution in [3.63, 3.8) is 0 Å². The van der Waals surface area contributed by atoms with E-state index in [0.29, 0.717) is 24.1 Å². The third-order valence-electron chi connectivity index (χ3n) is 5.50. The number of hydrogen-bond donors (Lipinski definition) is 2. The van der Waals surface area contributed by atoms with Crippen LogP contribution in [-0.4, -0.2) is 46.9 Å². The summed E-state index contributed by atoms with van der Waals surface area (Å²) in [6, 6.07) is 2.08. The predicted octanol–water partition coefficient (Wildman–Crippen LogP) is 2.50. The molecule has 1 aliphatic carbocycles. The summed E-state index contributed by atoms with van der Waals surface area (Å²) < 4.78 is 5.02. The summed E-state index contributed by atoms with van der Waals surface area (Å²) in [5, 5.41) is 16.5. The van der Waals surface area contributed by atoms with Crippen LogP contribution in [0.2, 0.25) is 0 Å². The maximum absolute atomic E-state index is 12.9. The highest BCUT2D eigenvalue weighted by Crippen LogP contribution is 2.34. The van der Waals surface area contributed by atoms with E-state index >= 15 is 0 Å². The smallest absolute Gasteiger partial charge is 0.325 e. The fourth-order valence-corrected chi connectivity index (χ4v) is 3.94. The summed E-state index contributed by atoms with van der Waals surface area (Å²) in [7, 11) is 1.29. The second-order valence-electron chi connectivity index (χ2n) is 7.46. The number of anilines is 1. The average molecular weight is 404 g/mol. The highest BCUT2D eigenvalue weighted by Gasteiger charge is 2.51. The third-order valence-corrected chi connectivity index (χ3v) is 5.50. The van der Waals surface area contributed by atoms with Crippen molar-refractivity contribution in [1.82, 2.24) is 10.2 Å². The van der Waals surface area contributed by atoms with E-state index in [1.54, 1.807) is 6.92 Å². The molecule has 1 saturated carbocycles. The highest BCUT2D eigenvalue weighted by atomic mass is 16.6. The number of nitro groups is 1. The highest BCUT2D eigenvalue weighted by molar-refractivity contribution is 6.10. The number of hydrogen-bond acceptors (Lipinski definition) is 6. The molecular formula is C19H24N4O6. The van der Waals surface area contributed by atoms with E-state index in [4.69, 9.17) is 4.74 Å². The van der Waals surface area contributed by atoms with E-state index in [-0.39, 0.29) is 17.3 Å². The van der Waals surface area contributed by atoms with Gasteiger partial charge in [0.1, 0.15) is 12.1 Å². The second kappa shape index (κ2) is 8.06. The Morgan fingerprint density at radius 1 is 1.28 bits per heavy atom. The minimum absolute atomic E-state index is 0.00306. The molecule has 156 valence electrons. The van der Waals surface area contributed by atoms with Crippen molar-refractivity contribution in [1.29, 1.82) is 0 Å². The van der Waals surface area contributed by atoms with E-state index in [9.17, 15) is 24.5 Å². The molecule has 2 aliphatic rings. The normalized spacial score (nSPS) is 18.3. The van der Waals surface area contributed by atoms with Gasteiger partial charge in [0.2, 0.25) is 5.91 Å². The lowest BCUT2D eigenvalue weighted by Crippen LogP contribution is -2.47. The van der Waals surface area contributed by atoms with Crippen molar-refractivity contribution in [2.24, 2.45) is 0 Å². The molecule has 0 aromatic heterocycles. The number of nitro benzene ring substituents is 1. The molecule has 1 heterocycles. The summed E-state index contributed by atoms with van der Waals surface area (Å²) in [4.78, 5) is 49.2. The Labute approximate surface area is 167 Å². The van der Waals surface area contributed by atoms with E-state index in [1.165, 1.54) is 19.2 Å². The number of rotatable bonds is 5. The van der Waals surface area contributed by atoms with Gasteiger partial charge in [-0.05, 0) is 25.3 Å². The largest absolute Gasteiger partial charge is 0.490 e. The molecule has 0 atom stereocenters. The van der Waals surface area contributed by atoms with Crippen LogP contribution in [-0.2, 0) is 9.59 Å². The SMILES string of the molecule is COc1cc(NC(=O)CN2C(=O)NC3(CCCCCC3)C2=O)c(C)cc1[N+](=O)[O-]. The summed E-state index contributed by atoms with van der Waals surface area (Å²) in [5.41, 5.74) is -0.343. The lowest BCUT2D eigenvalue weighted by molar-refractivity contribution is -0.385. The first-order valence-electron chi connectivity index (χ1n) is 9.54. The lowest BCUT2D eigenvalue weighted by atomic mass is 9.90. The summed E-state index contributed by atoms with van der Waals surface area (Å²) in [5.74, 6) is -0.931. The van der Waals surface area contributed by atoms with Gasteiger partial charge in [0.25, 0.3) is 5.91 Å². The Balaban J connectivity index is 1.73. The number of carbonyl (C=O) groups is 3. The van der Waals surface area contributed by atoms with Crippen LogP contribution in [0.25, 0.3) is 0 Å². The molecule has 2 fully saturated rings. The van der Waals surface area contributed by atoms with Gasteiger partial charge in [-0.2, -0.15) is 0 Å². The molecule has 1 aromatic rings. The molecule has 10 heteroatoms. The first kappa shape index (κ1) is 20.6. The van der Waals surface area contributed by atoms with Crippen molar-refractivity contribution in [3.05, 3.63) is 27.8 Å². The molecule has 1 saturated heterocycles. The van der Waals surface area contributed by atoms with Gasteiger partial charge >= 0.3 is 11.7 Å². The molecule has 0 radical (unpaired) electrons. The van der Waals surface area contributed by atoms with Crippen molar-refractivity contribution < 1.29 is 24.0 Å². The van der Waals surface area contributed by atoms with Crippen molar-refractivity contribution in [2.75, 3.05) is 19.0 Å². The standard InChI is InChI=1S/C19H24N4O6/c1-12-9-14(23(27)28)15(29-2)10-13(12)20-16(24)11-22-17(25)19(21-18(22)26)7-5-3-4-6-8-19/h9-10H,3-8,11H2,1-2H3,(H,20,24)(H,21,26). The van der Waals surface area contributed by atoms with Gasteiger partial charge in [-0.25, -0.2) is 4.79 Å². The van der Waals surface area contributed by atoms with E-state index in [1.807, 2.05) is 0 Å². The molecule has 0 bridgehead atoms. The van der Waals surface area contributed by atoms with Gasteiger partial charge in [-0.1, -0.05) is 25.7 Å². The number of aryl methyl sites for hydroxylation is 1. The number of imide groups is 1. The zero-order valence-corrected chi connectivity index (χ0v) is 16.4. The number of carbonyl (C=O) groups excluding carboxylic acids is 3. The number of nitrogens with zero attached hydrogens (tertiary/aromatic N) is 2. The summed E-state index contributed by atoms with van der Waals surface area (Å²) in [6.07, 6.45) is 4.91. The van der Waals surface area contributed by atoms with Crippen LogP contribution in [0, 0.1) is 17.0 Å². The molecule has 29 heavy (non-hydrogen) atoms. The van der Waals surface area contributed by atoms with Crippen LogP contribution in [0.5, 0.6) is 5.75 Å². The zero-order chi connectivity index (χ0) is 21.2. The number of methoxy groups -OCH3 is 1. The van der Waals surface area contributed by atoms with Gasteiger partial charge < -0.3 is 15.4 Å². The summed E-state index contributed by atoms with van der Waals surface area (Å²) in [6.45, 7) is 1.18. The van der Waals surface area contributed by atoms with Crippen molar-refractivity contribution in [3.8, 4) is 5.75 Å². The molecule has 2 N–H and O–H groups in total. The maximum atomic E-state index is 12.9. The lowest BCUT2D eigenvalue weighted by Gasteiger charge is -2.24. The molecule has 10 nitrogen and oxygen atoms in total. The Hall–Kier alpha value is -3.17. The molecule has 4 amide bonds. The molecule has 0 unspecified atom stereocenters. The molecule has 1 aliphatic heterocycles. The first-order chi connectivity index (χ1) is 13.8. The van der Waals surface area contributed by atoms with E-state index in [0.717, 1.165) is 30.6 Å². The molecule has 3 rings (SSSR count). The van der Waals surface area contributed by atoms with Gasteiger partial charge in [0.15, 0.2) is 5.75 Å². The molecule has 1 aromatic carbocycles. The Kier molecular flexibility index (Phi) is 5.71. The first-order valence-corrected chi connectivity index (χ1v) is 9.54. The Morgan fingerprint density at radius 3 is 2.52 bits per heavy atom. The number of nitrogens with one attached hydrogen (secondary N) is 2. The van der Waals surface area contributed by atoms with Crippen molar-refractivity contribution in [2.45, 2.75) is 51.0 Å². The Bertz CT molecular complexity index is 861. The number of amides is 4. The fourth-order valence-electron chi connectivity index (χ4n) is 3.94. The van der Waals surface area contributed by atoms with Crippen LogP contribution in [0.1, 0.15) is 44.1 Å². The van der Waals surface area contributed by atoms with E-state index in [2.05, 4.69) is 10.6 Å². The quantitative estimate of drug-likeness (QED) is 0.440. The van der Waals surface area contributed by atoms with Gasteiger partial charge in [-0.3, -0.25) is 24.6 Å². The monoisotopic (exact) mass is 404 g/mol. The average Bonchev–Trinajstić information content (AvgIpc) is 2.84. The minimum Gasteiger partial charge on any atom is -0.490 e. The second-order valence-corrected chi connectivity index (χ2v) is 7.46. The molecular weight excluding hydrogens is 380 g/mol. The third kappa shape index (κ3) is 4.01. The van der Waals surface area contributed by atoms with Crippen LogP contribution in [0.15, 0.2) is 12.1 Å². The van der Waals surface area contributed by atoms with Crippen LogP contribution < -0.4 is 15.4 Å². The molecule has 1 spiro atoms. The number of urea groups is 1. The summed E-state index contributed by atoms with van der Waals surface area (Å²) >= 11 is 0. The van der Waals surface area contributed by atoms with Crippen LogP contribution in [0.3, 0.4) is 0 Å². The van der Waals surface area contributed by atoms with E-state index < -0.39 is 28.9 Å². The fraction of sp³-hybridized carbons (Fsp3) is 0.526. The zero-order valence-electron chi connectivity index (χ0n) is 16.4. The van der Waals surface area contributed by atoms with Crippen molar-refractivity contribution >= 4 is 29.2 Å². The number of ether oxygens (including phenoxy) is 1. The van der Waals surface area contributed by atoms with Gasteiger partial charge in [0, 0.05) is 17.8 Å². The topological polar surface area (TPSA) is 131 Å². The minimum atomic E-state index is -0.902. The van der Waals surface area contributed by atoms with Crippen LogP contribution >= 0.6 is 0 Å².